The van der Waals surface area contributed by atoms with Gasteiger partial charge < -0.3 is 15.4 Å². The average Bonchev–Trinajstić information content (AvgIpc) is 2.74. The van der Waals surface area contributed by atoms with Crippen LogP contribution in [0.25, 0.3) is 0 Å². The van der Waals surface area contributed by atoms with Gasteiger partial charge >= 0.3 is 0 Å². The fourth-order valence-corrected chi connectivity index (χ4v) is 2.27. The first-order valence-corrected chi connectivity index (χ1v) is 6.75. The van der Waals surface area contributed by atoms with E-state index in [1.54, 1.807) is 0 Å². The Morgan fingerprint density at radius 3 is 3.06 bits per heavy atom. The number of ether oxygens (including phenoxy) is 1. The Labute approximate surface area is 115 Å². The van der Waals surface area contributed by atoms with E-state index < -0.39 is 0 Å². The molecule has 1 atom stereocenters. The fourth-order valence-electron chi connectivity index (χ4n) is 1.87. The van der Waals surface area contributed by atoms with Gasteiger partial charge in [-0.05, 0) is 31.5 Å². The van der Waals surface area contributed by atoms with Crippen molar-refractivity contribution in [1.29, 1.82) is 0 Å². The van der Waals surface area contributed by atoms with Gasteiger partial charge in [-0.2, -0.15) is 0 Å². The summed E-state index contributed by atoms with van der Waals surface area (Å²) in [5.41, 5.74) is 0.721. The number of halogens is 1. The van der Waals surface area contributed by atoms with Crippen molar-refractivity contribution >= 4 is 27.5 Å². The Morgan fingerprint density at radius 2 is 2.39 bits per heavy atom. The van der Waals surface area contributed by atoms with Gasteiger partial charge in [0.05, 0.1) is 13.2 Å². The van der Waals surface area contributed by atoms with Crippen molar-refractivity contribution in [3.8, 4) is 0 Å². The van der Waals surface area contributed by atoms with Crippen LogP contribution >= 0.6 is 15.9 Å². The molecule has 2 N–H and O–H groups in total. The van der Waals surface area contributed by atoms with Crippen molar-refractivity contribution in [3.05, 3.63) is 28.7 Å². The molecule has 18 heavy (non-hydrogen) atoms. The van der Waals surface area contributed by atoms with Crippen LogP contribution in [0.3, 0.4) is 0 Å². The second-order valence-electron chi connectivity index (χ2n) is 4.78. The van der Waals surface area contributed by atoms with Crippen molar-refractivity contribution < 1.29 is 9.53 Å². The van der Waals surface area contributed by atoms with Crippen molar-refractivity contribution in [2.24, 2.45) is 0 Å². The molecular formula is C13H17BrN2O2. The lowest BCUT2D eigenvalue weighted by molar-refractivity contribution is -0.115. The van der Waals surface area contributed by atoms with Crippen LogP contribution < -0.4 is 10.6 Å². The van der Waals surface area contributed by atoms with Crippen LogP contribution in [0, 0.1) is 0 Å². The second-order valence-corrected chi connectivity index (χ2v) is 5.69. The van der Waals surface area contributed by atoms with E-state index in [4.69, 9.17) is 4.74 Å². The van der Waals surface area contributed by atoms with Crippen LogP contribution in [0.5, 0.6) is 0 Å². The summed E-state index contributed by atoms with van der Waals surface area (Å²) in [6, 6.07) is 7.55. The molecule has 98 valence electrons. The van der Waals surface area contributed by atoms with Crippen molar-refractivity contribution in [2.75, 3.05) is 25.1 Å². The molecule has 0 spiro atoms. The highest BCUT2D eigenvalue weighted by atomic mass is 79.9. The van der Waals surface area contributed by atoms with Crippen molar-refractivity contribution in [2.45, 2.75) is 18.9 Å². The lowest BCUT2D eigenvalue weighted by atomic mass is 10.0. The van der Waals surface area contributed by atoms with Gasteiger partial charge in [0.15, 0.2) is 0 Å². The van der Waals surface area contributed by atoms with Gasteiger partial charge in [-0.1, -0.05) is 22.0 Å². The number of nitrogens with one attached hydrogen (secondary N) is 2. The highest BCUT2D eigenvalue weighted by molar-refractivity contribution is 9.10. The maximum atomic E-state index is 11.8. The third kappa shape index (κ3) is 3.80. The Balaban J connectivity index is 1.82. The molecule has 4 nitrogen and oxygen atoms in total. The lowest BCUT2D eigenvalue weighted by Crippen LogP contribution is -2.46. The summed E-state index contributed by atoms with van der Waals surface area (Å²) < 4.78 is 6.27. The molecule has 1 saturated heterocycles. The van der Waals surface area contributed by atoms with Gasteiger partial charge in [-0.25, -0.2) is 0 Å². The van der Waals surface area contributed by atoms with Crippen molar-refractivity contribution in [3.63, 3.8) is 0 Å². The molecule has 5 heteroatoms. The summed E-state index contributed by atoms with van der Waals surface area (Å²) in [5, 5.41) is 6.10. The van der Waals surface area contributed by atoms with Gasteiger partial charge in [0.25, 0.3) is 0 Å². The van der Waals surface area contributed by atoms with Crippen LogP contribution in [0.15, 0.2) is 28.7 Å². The molecule has 2 rings (SSSR count). The van der Waals surface area contributed by atoms with E-state index in [2.05, 4.69) is 33.5 Å². The maximum absolute atomic E-state index is 11.8. The Hall–Kier alpha value is -0.910. The number of amides is 1. The highest BCUT2D eigenvalue weighted by Crippen LogP contribution is 2.17. The molecule has 0 radical (unpaired) electrons. The van der Waals surface area contributed by atoms with Gasteiger partial charge in [-0.15, -0.1) is 0 Å². The predicted molar refractivity (Wildman–Crippen MR) is 74.6 cm³/mol. The monoisotopic (exact) mass is 312 g/mol. The summed E-state index contributed by atoms with van der Waals surface area (Å²) in [6.07, 6.45) is 0.942. The normalized spacial score (nSPS) is 23.0. The first-order valence-electron chi connectivity index (χ1n) is 5.96. The number of hydrogen-bond donors (Lipinski definition) is 2. The topological polar surface area (TPSA) is 50.4 Å². The Morgan fingerprint density at radius 1 is 1.56 bits per heavy atom. The fraction of sp³-hybridized carbons (Fsp3) is 0.462. The number of carbonyl (C=O) groups excluding carboxylic acids is 1. The third-order valence-electron chi connectivity index (χ3n) is 3.00. The third-order valence-corrected chi connectivity index (χ3v) is 3.50. The molecule has 0 aliphatic carbocycles. The molecule has 1 fully saturated rings. The lowest BCUT2D eigenvalue weighted by Gasteiger charge is -2.23. The van der Waals surface area contributed by atoms with E-state index in [1.807, 2.05) is 24.3 Å². The van der Waals surface area contributed by atoms with Gasteiger partial charge in [-0.3, -0.25) is 4.79 Å². The van der Waals surface area contributed by atoms with E-state index in [1.165, 1.54) is 0 Å². The SMILES string of the molecule is CC1(NCC(=O)Nc2cccc(Br)c2)CCOC1. The first-order chi connectivity index (χ1) is 8.57. The number of hydrogen-bond acceptors (Lipinski definition) is 3. The molecule has 1 heterocycles. The molecule has 1 aliphatic heterocycles. The van der Waals surface area contributed by atoms with E-state index >= 15 is 0 Å². The summed E-state index contributed by atoms with van der Waals surface area (Å²) >= 11 is 3.37. The minimum absolute atomic E-state index is 0.0405. The van der Waals surface area contributed by atoms with Crippen LogP contribution in [-0.2, 0) is 9.53 Å². The number of benzene rings is 1. The molecule has 1 aromatic rings. The van der Waals surface area contributed by atoms with Crippen molar-refractivity contribution in [1.82, 2.24) is 5.32 Å². The summed E-state index contributed by atoms with van der Waals surface area (Å²) in [7, 11) is 0. The molecular weight excluding hydrogens is 296 g/mol. The summed E-state index contributed by atoms with van der Waals surface area (Å²) in [6.45, 7) is 3.80. The zero-order valence-corrected chi connectivity index (χ0v) is 11.9. The molecule has 1 aromatic carbocycles. The minimum atomic E-state index is -0.0748. The quantitative estimate of drug-likeness (QED) is 0.895. The standard InChI is InChI=1S/C13H17BrN2O2/c1-13(5-6-18-9-13)15-8-12(17)16-11-4-2-3-10(14)7-11/h2-4,7,15H,5-6,8-9H2,1H3,(H,16,17). The zero-order valence-electron chi connectivity index (χ0n) is 10.3. The van der Waals surface area contributed by atoms with Gasteiger partial charge in [0, 0.05) is 22.3 Å². The van der Waals surface area contributed by atoms with Crippen LogP contribution in [-0.4, -0.2) is 31.2 Å². The molecule has 0 aromatic heterocycles. The zero-order chi connectivity index (χ0) is 13.0. The van der Waals surface area contributed by atoms with E-state index in [-0.39, 0.29) is 11.4 Å². The minimum Gasteiger partial charge on any atom is -0.379 e. The smallest absolute Gasteiger partial charge is 0.238 e. The number of carbonyl (C=O) groups is 1. The summed E-state index contributed by atoms with van der Waals surface area (Å²) in [4.78, 5) is 11.8. The number of rotatable bonds is 4. The molecule has 1 unspecified atom stereocenters. The average molecular weight is 313 g/mol. The first kappa shape index (κ1) is 13.5. The second kappa shape index (κ2) is 5.82. The van der Waals surface area contributed by atoms with Crippen LogP contribution in [0.4, 0.5) is 5.69 Å². The van der Waals surface area contributed by atoms with Gasteiger partial charge in [0.2, 0.25) is 5.91 Å². The Kier molecular flexibility index (Phi) is 4.37. The maximum Gasteiger partial charge on any atom is 0.238 e. The van der Waals surface area contributed by atoms with Gasteiger partial charge in [0.1, 0.15) is 0 Å². The summed E-state index contributed by atoms with van der Waals surface area (Å²) in [5.74, 6) is -0.0405. The van der Waals surface area contributed by atoms with E-state index in [9.17, 15) is 4.79 Å². The molecule has 1 amide bonds. The molecule has 0 saturated carbocycles. The Bertz CT molecular complexity index is 431. The molecule has 1 aliphatic rings. The predicted octanol–water partition coefficient (Wildman–Crippen LogP) is 2.16. The van der Waals surface area contributed by atoms with Crippen LogP contribution in [0.2, 0.25) is 0 Å². The van der Waals surface area contributed by atoms with E-state index in [0.717, 1.165) is 23.2 Å². The largest absolute Gasteiger partial charge is 0.379 e. The molecule has 0 bridgehead atoms. The van der Waals surface area contributed by atoms with Crippen LogP contribution in [0.1, 0.15) is 13.3 Å². The van der Waals surface area contributed by atoms with E-state index in [0.29, 0.717) is 13.2 Å². The number of anilines is 1. The highest BCUT2D eigenvalue weighted by Gasteiger charge is 2.29.